The van der Waals surface area contributed by atoms with Gasteiger partial charge in [-0.15, -0.1) is 0 Å². The lowest BCUT2D eigenvalue weighted by atomic mass is 9.74. The van der Waals surface area contributed by atoms with Gasteiger partial charge in [0.1, 0.15) is 0 Å². The van der Waals surface area contributed by atoms with Crippen molar-refractivity contribution in [2.45, 2.75) is 83.6 Å². The van der Waals surface area contributed by atoms with Crippen LogP contribution in [0.4, 0.5) is 8.78 Å². The van der Waals surface area contributed by atoms with E-state index < -0.39 is 5.92 Å². The Balaban J connectivity index is 1.76. The normalized spacial score (nSPS) is 18.7. The standard InChI is InChI=1S/C29H39F2N/c1-6-28(4,25-12-14-26(15-13-25)29(5,30)31)21-27(20-22(2)3)32-18-16-24(17-19-32)23-10-8-7-9-11-23/h7-15,20,24,27H,6,16-19,21H2,1-5H3. The second-order valence-electron chi connectivity index (χ2n) is 10.1. The van der Waals surface area contributed by atoms with E-state index in [0.717, 1.165) is 38.4 Å². The molecule has 3 rings (SSSR count). The molecule has 2 aromatic carbocycles. The second kappa shape index (κ2) is 10.3. The Morgan fingerprint density at radius 2 is 1.53 bits per heavy atom. The quantitative estimate of drug-likeness (QED) is 0.376. The van der Waals surface area contributed by atoms with Gasteiger partial charge in [-0.3, -0.25) is 4.90 Å². The molecule has 1 fully saturated rings. The average molecular weight is 440 g/mol. The van der Waals surface area contributed by atoms with E-state index in [1.807, 2.05) is 12.1 Å². The molecule has 2 atom stereocenters. The first-order valence-corrected chi connectivity index (χ1v) is 12.1. The molecule has 0 N–H and O–H groups in total. The second-order valence-corrected chi connectivity index (χ2v) is 10.1. The average Bonchev–Trinajstić information content (AvgIpc) is 2.78. The molecule has 2 aromatic rings. The Bertz CT molecular complexity index is 870. The number of nitrogens with zero attached hydrogens (tertiary/aromatic N) is 1. The fourth-order valence-electron chi connectivity index (χ4n) is 5.06. The molecule has 0 radical (unpaired) electrons. The summed E-state index contributed by atoms with van der Waals surface area (Å²) in [6, 6.07) is 18.3. The van der Waals surface area contributed by atoms with Crippen LogP contribution < -0.4 is 0 Å². The maximum Gasteiger partial charge on any atom is 0.270 e. The van der Waals surface area contributed by atoms with E-state index in [-0.39, 0.29) is 11.0 Å². The van der Waals surface area contributed by atoms with E-state index >= 15 is 0 Å². The Morgan fingerprint density at radius 3 is 2.03 bits per heavy atom. The van der Waals surface area contributed by atoms with Crippen molar-refractivity contribution in [2.75, 3.05) is 13.1 Å². The van der Waals surface area contributed by atoms with Gasteiger partial charge in [-0.05, 0) is 75.1 Å². The predicted octanol–water partition coefficient (Wildman–Crippen LogP) is 8.07. The summed E-state index contributed by atoms with van der Waals surface area (Å²) in [5.41, 5.74) is 3.97. The minimum atomic E-state index is -2.80. The summed E-state index contributed by atoms with van der Waals surface area (Å²) in [6.07, 6.45) is 6.74. The number of allylic oxidation sites excluding steroid dienone is 1. The van der Waals surface area contributed by atoms with E-state index in [1.54, 1.807) is 12.1 Å². The topological polar surface area (TPSA) is 3.24 Å². The van der Waals surface area contributed by atoms with Crippen molar-refractivity contribution in [3.63, 3.8) is 0 Å². The Morgan fingerprint density at radius 1 is 0.969 bits per heavy atom. The Hall–Kier alpha value is -2.00. The van der Waals surface area contributed by atoms with Gasteiger partial charge < -0.3 is 0 Å². The zero-order valence-corrected chi connectivity index (χ0v) is 20.4. The van der Waals surface area contributed by atoms with Crippen LogP contribution in [0.1, 0.15) is 82.9 Å². The smallest absolute Gasteiger partial charge is 0.270 e. The van der Waals surface area contributed by atoms with Gasteiger partial charge in [0.25, 0.3) is 5.92 Å². The zero-order chi connectivity index (χ0) is 23.4. The molecule has 1 saturated heterocycles. The summed E-state index contributed by atoms with van der Waals surface area (Å²) in [4.78, 5) is 2.63. The maximum absolute atomic E-state index is 13.7. The van der Waals surface area contributed by atoms with Crippen LogP contribution in [0.15, 0.2) is 66.2 Å². The SMILES string of the molecule is CCC(C)(CC(C=C(C)C)N1CCC(c2ccccc2)CC1)c1ccc(C(C)(F)F)cc1. The van der Waals surface area contributed by atoms with Crippen LogP contribution in [-0.2, 0) is 11.3 Å². The summed E-state index contributed by atoms with van der Waals surface area (Å²) < 4.78 is 27.4. The number of alkyl halides is 2. The van der Waals surface area contributed by atoms with Crippen LogP contribution in [0.5, 0.6) is 0 Å². The van der Waals surface area contributed by atoms with Crippen molar-refractivity contribution in [1.29, 1.82) is 0 Å². The summed E-state index contributed by atoms with van der Waals surface area (Å²) >= 11 is 0. The van der Waals surface area contributed by atoms with E-state index in [2.05, 4.69) is 69.0 Å². The third-order valence-electron chi connectivity index (χ3n) is 7.32. The molecule has 0 spiro atoms. The summed E-state index contributed by atoms with van der Waals surface area (Å²) in [5.74, 6) is -2.16. The molecule has 1 aliphatic rings. The van der Waals surface area contributed by atoms with Crippen molar-refractivity contribution >= 4 is 0 Å². The molecule has 0 amide bonds. The lowest BCUT2D eigenvalue weighted by Gasteiger charge is -2.41. The molecule has 1 nitrogen and oxygen atoms in total. The zero-order valence-electron chi connectivity index (χ0n) is 20.4. The van der Waals surface area contributed by atoms with Crippen LogP contribution >= 0.6 is 0 Å². The number of hydrogen-bond acceptors (Lipinski definition) is 1. The molecule has 0 bridgehead atoms. The van der Waals surface area contributed by atoms with E-state index in [0.29, 0.717) is 12.0 Å². The number of rotatable bonds is 8. The highest BCUT2D eigenvalue weighted by molar-refractivity contribution is 5.31. The molecule has 3 heteroatoms. The first kappa shape index (κ1) is 24.6. The molecule has 0 saturated carbocycles. The third-order valence-corrected chi connectivity index (χ3v) is 7.32. The lowest BCUT2D eigenvalue weighted by Crippen LogP contribution is -2.43. The van der Waals surface area contributed by atoms with Crippen LogP contribution in [-0.4, -0.2) is 24.0 Å². The first-order chi connectivity index (χ1) is 15.1. The van der Waals surface area contributed by atoms with Gasteiger partial charge in [-0.25, -0.2) is 8.78 Å². The first-order valence-electron chi connectivity index (χ1n) is 12.1. The molecule has 0 aromatic heterocycles. The summed E-state index contributed by atoms with van der Waals surface area (Å²) in [7, 11) is 0. The number of likely N-dealkylation sites (tertiary alicyclic amines) is 1. The van der Waals surface area contributed by atoms with Crippen molar-refractivity contribution < 1.29 is 8.78 Å². The molecule has 0 aliphatic carbocycles. The van der Waals surface area contributed by atoms with Gasteiger partial charge in [0.05, 0.1) is 0 Å². The minimum absolute atomic E-state index is 0.0611. The number of piperidine rings is 1. The lowest BCUT2D eigenvalue weighted by molar-refractivity contribution is 0.0174. The fraction of sp³-hybridized carbons (Fsp3) is 0.517. The Kier molecular flexibility index (Phi) is 7.92. The van der Waals surface area contributed by atoms with Crippen LogP contribution in [0.3, 0.4) is 0 Å². The minimum Gasteiger partial charge on any atom is -0.297 e. The summed E-state index contributed by atoms with van der Waals surface area (Å²) in [5, 5.41) is 0. The number of benzene rings is 2. The van der Waals surface area contributed by atoms with Crippen LogP contribution in [0, 0.1) is 0 Å². The molecule has 1 heterocycles. The van der Waals surface area contributed by atoms with Gasteiger partial charge in [0.15, 0.2) is 0 Å². The number of hydrogen-bond donors (Lipinski definition) is 0. The monoisotopic (exact) mass is 439 g/mol. The van der Waals surface area contributed by atoms with Crippen molar-refractivity contribution in [3.8, 4) is 0 Å². The largest absolute Gasteiger partial charge is 0.297 e. The highest BCUT2D eigenvalue weighted by Gasteiger charge is 2.33. The van der Waals surface area contributed by atoms with E-state index in [1.165, 1.54) is 24.0 Å². The van der Waals surface area contributed by atoms with E-state index in [4.69, 9.17) is 0 Å². The van der Waals surface area contributed by atoms with Gasteiger partial charge in [-0.1, -0.05) is 80.1 Å². The predicted molar refractivity (Wildman–Crippen MR) is 131 cm³/mol. The van der Waals surface area contributed by atoms with Crippen LogP contribution in [0.2, 0.25) is 0 Å². The van der Waals surface area contributed by atoms with Gasteiger partial charge in [0, 0.05) is 18.5 Å². The fourth-order valence-corrected chi connectivity index (χ4v) is 5.06. The molecular formula is C29H39F2N. The van der Waals surface area contributed by atoms with Crippen molar-refractivity contribution in [2.24, 2.45) is 0 Å². The van der Waals surface area contributed by atoms with Gasteiger partial charge >= 0.3 is 0 Å². The molecule has 32 heavy (non-hydrogen) atoms. The van der Waals surface area contributed by atoms with E-state index in [9.17, 15) is 8.78 Å². The number of halogens is 2. The molecular weight excluding hydrogens is 400 g/mol. The van der Waals surface area contributed by atoms with Gasteiger partial charge in [-0.2, -0.15) is 0 Å². The highest BCUT2D eigenvalue weighted by Crippen LogP contribution is 2.38. The summed E-state index contributed by atoms with van der Waals surface area (Å²) in [6.45, 7) is 12.0. The molecule has 1 aliphatic heterocycles. The maximum atomic E-state index is 13.7. The molecule has 2 unspecified atom stereocenters. The molecule has 174 valence electrons. The van der Waals surface area contributed by atoms with Crippen molar-refractivity contribution in [3.05, 3.63) is 82.9 Å². The highest BCUT2D eigenvalue weighted by atomic mass is 19.3. The third kappa shape index (κ3) is 6.07. The van der Waals surface area contributed by atoms with Crippen LogP contribution in [0.25, 0.3) is 0 Å². The van der Waals surface area contributed by atoms with Gasteiger partial charge in [0.2, 0.25) is 0 Å². The Labute approximate surface area is 193 Å². The van der Waals surface area contributed by atoms with Crippen molar-refractivity contribution in [1.82, 2.24) is 4.90 Å².